The van der Waals surface area contributed by atoms with Crippen molar-refractivity contribution < 1.29 is 4.74 Å². The number of anilines is 1. The first-order valence-electron chi connectivity index (χ1n) is 7.10. The summed E-state index contributed by atoms with van der Waals surface area (Å²) in [6.45, 7) is 7.11. The maximum Gasteiger partial charge on any atom is 0.184 e. The molecule has 1 aromatic heterocycles. The third kappa shape index (κ3) is 4.28. The first kappa shape index (κ1) is 15.4. The van der Waals surface area contributed by atoms with Crippen molar-refractivity contribution in [1.82, 2.24) is 4.98 Å². The number of nitrogens with one attached hydrogen (secondary N) is 1. The van der Waals surface area contributed by atoms with E-state index < -0.39 is 0 Å². The molecule has 0 aliphatic rings. The lowest BCUT2D eigenvalue weighted by molar-refractivity contribution is 0.341. The summed E-state index contributed by atoms with van der Waals surface area (Å²) in [5.74, 6) is 3.31. The molecule has 110 valence electrons. The van der Waals surface area contributed by atoms with Gasteiger partial charge in [-0.2, -0.15) is 11.8 Å². The van der Waals surface area contributed by atoms with Gasteiger partial charge in [0.25, 0.3) is 0 Å². The molecule has 0 amide bonds. The number of fused-ring (bicyclic) bond motifs is 1. The van der Waals surface area contributed by atoms with Crippen molar-refractivity contribution in [2.24, 2.45) is 0 Å². The van der Waals surface area contributed by atoms with Crippen molar-refractivity contribution >= 4 is 38.4 Å². The standard InChI is InChI=1S/C15H22N2OS2/c1-4-18-12-6-7-13-14(10-12)20-15(17-13)16-11(3)8-9-19-5-2/h6-7,10-11H,4-5,8-9H2,1-3H3,(H,16,17). The molecule has 3 nitrogen and oxygen atoms in total. The van der Waals surface area contributed by atoms with Gasteiger partial charge in [-0.25, -0.2) is 4.98 Å². The summed E-state index contributed by atoms with van der Waals surface area (Å²) in [5.41, 5.74) is 1.04. The third-order valence-electron chi connectivity index (χ3n) is 2.94. The highest BCUT2D eigenvalue weighted by molar-refractivity contribution is 7.99. The average molecular weight is 310 g/mol. The van der Waals surface area contributed by atoms with E-state index >= 15 is 0 Å². The SMILES string of the molecule is CCOc1ccc2nc(NC(C)CCSCC)sc2c1. The number of ether oxygens (including phenoxy) is 1. The summed E-state index contributed by atoms with van der Waals surface area (Å²) in [4.78, 5) is 4.63. The summed E-state index contributed by atoms with van der Waals surface area (Å²) in [6.07, 6.45) is 1.17. The van der Waals surface area contributed by atoms with E-state index in [0.29, 0.717) is 12.6 Å². The highest BCUT2D eigenvalue weighted by Gasteiger charge is 2.08. The molecule has 1 heterocycles. The number of hydrogen-bond acceptors (Lipinski definition) is 5. The van der Waals surface area contributed by atoms with Crippen molar-refractivity contribution in [3.63, 3.8) is 0 Å². The van der Waals surface area contributed by atoms with Crippen molar-refractivity contribution in [2.45, 2.75) is 33.2 Å². The molecule has 20 heavy (non-hydrogen) atoms. The van der Waals surface area contributed by atoms with Crippen molar-refractivity contribution in [2.75, 3.05) is 23.4 Å². The first-order valence-corrected chi connectivity index (χ1v) is 9.07. The molecule has 1 aromatic carbocycles. The van der Waals surface area contributed by atoms with Gasteiger partial charge >= 0.3 is 0 Å². The van der Waals surface area contributed by atoms with E-state index in [1.165, 1.54) is 22.6 Å². The third-order valence-corrected chi connectivity index (χ3v) is 4.82. The van der Waals surface area contributed by atoms with Crippen LogP contribution >= 0.6 is 23.1 Å². The zero-order valence-electron chi connectivity index (χ0n) is 12.3. The number of thiazole rings is 1. The Bertz CT molecular complexity index is 542. The maximum atomic E-state index is 5.53. The fourth-order valence-electron chi connectivity index (χ4n) is 1.91. The van der Waals surface area contributed by atoms with E-state index in [9.17, 15) is 0 Å². The Kier molecular flexibility index (Phi) is 5.98. The van der Waals surface area contributed by atoms with E-state index in [0.717, 1.165) is 16.4 Å². The number of nitrogens with zero attached hydrogens (tertiary/aromatic N) is 1. The fourth-order valence-corrected chi connectivity index (χ4v) is 3.73. The quantitative estimate of drug-likeness (QED) is 0.720. The van der Waals surface area contributed by atoms with E-state index in [4.69, 9.17) is 4.74 Å². The molecule has 1 N–H and O–H groups in total. The normalized spacial score (nSPS) is 12.6. The lowest BCUT2D eigenvalue weighted by atomic mass is 10.3. The molecule has 1 unspecified atom stereocenters. The summed E-state index contributed by atoms with van der Waals surface area (Å²) in [7, 11) is 0. The molecule has 0 spiro atoms. The zero-order chi connectivity index (χ0) is 14.4. The van der Waals surface area contributed by atoms with E-state index in [-0.39, 0.29) is 0 Å². The molecule has 0 saturated heterocycles. The summed E-state index contributed by atoms with van der Waals surface area (Å²) in [6, 6.07) is 6.54. The fraction of sp³-hybridized carbons (Fsp3) is 0.533. The molecular formula is C15H22N2OS2. The van der Waals surface area contributed by atoms with Crippen LogP contribution in [-0.4, -0.2) is 29.1 Å². The molecule has 0 aliphatic heterocycles. The van der Waals surface area contributed by atoms with Crippen LogP contribution in [-0.2, 0) is 0 Å². The molecule has 1 atom stereocenters. The highest BCUT2D eigenvalue weighted by atomic mass is 32.2. The second-order valence-electron chi connectivity index (χ2n) is 4.61. The lowest BCUT2D eigenvalue weighted by Crippen LogP contribution is -2.15. The van der Waals surface area contributed by atoms with Crippen LogP contribution in [0.25, 0.3) is 10.2 Å². The second-order valence-corrected chi connectivity index (χ2v) is 7.04. The molecule has 0 bridgehead atoms. The van der Waals surface area contributed by atoms with Gasteiger partial charge in [-0.15, -0.1) is 0 Å². The van der Waals surface area contributed by atoms with Gasteiger partial charge in [-0.05, 0) is 50.0 Å². The monoisotopic (exact) mass is 310 g/mol. The molecule has 0 aliphatic carbocycles. The van der Waals surface area contributed by atoms with Gasteiger partial charge in [-0.1, -0.05) is 18.3 Å². The molecule has 0 fully saturated rings. The van der Waals surface area contributed by atoms with Gasteiger partial charge < -0.3 is 10.1 Å². The lowest BCUT2D eigenvalue weighted by Gasteiger charge is -2.11. The van der Waals surface area contributed by atoms with Gasteiger partial charge in [0.15, 0.2) is 5.13 Å². The maximum absolute atomic E-state index is 5.53. The predicted molar refractivity (Wildman–Crippen MR) is 91.5 cm³/mol. The number of hydrogen-bond donors (Lipinski definition) is 1. The van der Waals surface area contributed by atoms with Crippen molar-refractivity contribution in [3.8, 4) is 5.75 Å². The van der Waals surface area contributed by atoms with E-state index in [1.807, 2.05) is 30.8 Å². The van der Waals surface area contributed by atoms with Crippen LogP contribution in [0.4, 0.5) is 5.13 Å². The van der Waals surface area contributed by atoms with Crippen LogP contribution in [0.15, 0.2) is 18.2 Å². The topological polar surface area (TPSA) is 34.1 Å². The highest BCUT2D eigenvalue weighted by Crippen LogP contribution is 2.29. The number of aromatic nitrogens is 1. The number of benzene rings is 1. The zero-order valence-corrected chi connectivity index (χ0v) is 13.9. The molecule has 2 aromatic rings. The van der Waals surface area contributed by atoms with Crippen LogP contribution < -0.4 is 10.1 Å². The summed E-state index contributed by atoms with van der Waals surface area (Å²) < 4.78 is 6.70. The minimum Gasteiger partial charge on any atom is -0.494 e. The summed E-state index contributed by atoms with van der Waals surface area (Å²) in [5, 5.41) is 4.50. The van der Waals surface area contributed by atoms with E-state index in [1.54, 1.807) is 11.3 Å². The molecule has 5 heteroatoms. The Morgan fingerprint density at radius 1 is 1.40 bits per heavy atom. The minimum absolute atomic E-state index is 0.459. The molecular weight excluding hydrogens is 288 g/mol. The van der Waals surface area contributed by atoms with Crippen LogP contribution in [0.5, 0.6) is 5.75 Å². The van der Waals surface area contributed by atoms with Crippen LogP contribution in [0.1, 0.15) is 27.2 Å². The van der Waals surface area contributed by atoms with Gasteiger partial charge in [0, 0.05) is 6.04 Å². The van der Waals surface area contributed by atoms with Gasteiger partial charge in [-0.3, -0.25) is 0 Å². The minimum atomic E-state index is 0.459. The smallest absolute Gasteiger partial charge is 0.184 e. The van der Waals surface area contributed by atoms with Gasteiger partial charge in [0.1, 0.15) is 5.75 Å². The Morgan fingerprint density at radius 2 is 2.25 bits per heavy atom. The van der Waals surface area contributed by atoms with Crippen molar-refractivity contribution in [3.05, 3.63) is 18.2 Å². The number of thioether (sulfide) groups is 1. The van der Waals surface area contributed by atoms with Crippen LogP contribution in [0.3, 0.4) is 0 Å². The predicted octanol–water partition coefficient (Wildman–Crippen LogP) is 4.64. The Morgan fingerprint density at radius 3 is 3.00 bits per heavy atom. The van der Waals surface area contributed by atoms with Crippen LogP contribution in [0, 0.1) is 0 Å². The van der Waals surface area contributed by atoms with Gasteiger partial charge in [0.05, 0.1) is 16.8 Å². The van der Waals surface area contributed by atoms with Crippen LogP contribution in [0.2, 0.25) is 0 Å². The first-order chi connectivity index (χ1) is 9.72. The Labute approximate surface area is 129 Å². The average Bonchev–Trinajstić information content (AvgIpc) is 2.80. The summed E-state index contributed by atoms with van der Waals surface area (Å²) >= 11 is 3.68. The van der Waals surface area contributed by atoms with Crippen molar-refractivity contribution in [1.29, 1.82) is 0 Å². The second kappa shape index (κ2) is 7.74. The number of rotatable bonds is 8. The molecule has 2 rings (SSSR count). The van der Waals surface area contributed by atoms with Gasteiger partial charge in [0.2, 0.25) is 0 Å². The Balaban J connectivity index is 2.00. The molecule has 0 saturated carbocycles. The Hall–Kier alpha value is -0.940. The largest absolute Gasteiger partial charge is 0.494 e. The molecule has 0 radical (unpaired) electrons. The van der Waals surface area contributed by atoms with E-state index in [2.05, 4.69) is 30.2 Å².